The van der Waals surface area contributed by atoms with Crippen LogP contribution in [0.2, 0.25) is 0 Å². The number of carbonyl (C=O) groups excluding carboxylic acids is 1. The molecule has 0 aliphatic heterocycles. The molecule has 6 heteroatoms. The van der Waals surface area contributed by atoms with Crippen molar-refractivity contribution in [3.05, 3.63) is 38.0 Å². The number of rotatable bonds is 6. The molecule has 0 aliphatic rings. The summed E-state index contributed by atoms with van der Waals surface area (Å²) < 4.78 is 0. The van der Waals surface area contributed by atoms with E-state index in [1.807, 2.05) is 13.0 Å². The summed E-state index contributed by atoms with van der Waals surface area (Å²) in [5.74, 6) is -0.365. The van der Waals surface area contributed by atoms with Gasteiger partial charge in [-0.1, -0.05) is 0 Å². The molecular weight excluding hydrogens is 266 g/mol. The number of nitrogens with one attached hydrogen (secondary N) is 1. The van der Waals surface area contributed by atoms with Crippen LogP contribution in [0.5, 0.6) is 0 Å². The van der Waals surface area contributed by atoms with Gasteiger partial charge in [0.25, 0.3) is 0 Å². The van der Waals surface area contributed by atoms with Crippen molar-refractivity contribution < 1.29 is 4.79 Å². The summed E-state index contributed by atoms with van der Waals surface area (Å²) in [7, 11) is 0. The maximum Gasteiger partial charge on any atom is 0.249 e. The van der Waals surface area contributed by atoms with Crippen molar-refractivity contribution >= 4 is 28.6 Å². The Bertz CT molecular complexity index is 533. The molecule has 4 nitrogen and oxygen atoms in total. The third kappa shape index (κ3) is 3.63. The van der Waals surface area contributed by atoms with Crippen molar-refractivity contribution in [2.45, 2.75) is 19.9 Å². The lowest BCUT2D eigenvalue weighted by Crippen LogP contribution is -2.16. The van der Waals surface area contributed by atoms with Gasteiger partial charge in [0.05, 0.1) is 16.3 Å². The van der Waals surface area contributed by atoms with Gasteiger partial charge in [-0.25, -0.2) is 4.98 Å². The highest BCUT2D eigenvalue weighted by Gasteiger charge is 2.04. The number of carbonyl (C=O) groups is 1. The monoisotopic (exact) mass is 281 g/mol. The first-order valence-corrected chi connectivity index (χ1v) is 7.40. The fourth-order valence-electron chi connectivity index (χ4n) is 1.55. The van der Waals surface area contributed by atoms with Gasteiger partial charge in [-0.15, -0.1) is 22.7 Å². The average Bonchev–Trinajstić information content (AvgIpc) is 2.93. The molecule has 0 bridgehead atoms. The molecule has 0 fully saturated rings. The van der Waals surface area contributed by atoms with Crippen molar-refractivity contribution in [2.24, 2.45) is 5.73 Å². The van der Waals surface area contributed by atoms with Crippen molar-refractivity contribution in [3.63, 3.8) is 0 Å². The van der Waals surface area contributed by atoms with Gasteiger partial charge in [-0.3, -0.25) is 4.79 Å². The number of hydrogen-bond donors (Lipinski definition) is 2. The van der Waals surface area contributed by atoms with Crippen LogP contribution in [0.25, 0.3) is 0 Å². The van der Waals surface area contributed by atoms with E-state index in [4.69, 9.17) is 5.73 Å². The number of thiazole rings is 1. The lowest BCUT2D eigenvalue weighted by Gasteiger charge is -2.00. The van der Waals surface area contributed by atoms with Crippen LogP contribution < -0.4 is 11.1 Å². The Labute approximate surface area is 114 Å². The summed E-state index contributed by atoms with van der Waals surface area (Å²) in [6.45, 7) is 3.66. The van der Waals surface area contributed by atoms with E-state index in [2.05, 4.69) is 15.7 Å². The summed E-state index contributed by atoms with van der Waals surface area (Å²) in [4.78, 5) is 16.5. The predicted octanol–water partition coefficient (Wildman–Crippen LogP) is 1.94. The molecule has 0 saturated heterocycles. The minimum Gasteiger partial charge on any atom is -0.366 e. The Morgan fingerprint density at radius 1 is 1.44 bits per heavy atom. The molecule has 3 N–H and O–H groups in total. The molecule has 0 unspecified atom stereocenters. The number of hydrogen-bond acceptors (Lipinski definition) is 5. The third-order valence-electron chi connectivity index (χ3n) is 2.46. The van der Waals surface area contributed by atoms with Gasteiger partial charge in [-0.05, 0) is 13.0 Å². The van der Waals surface area contributed by atoms with E-state index in [1.165, 1.54) is 0 Å². The summed E-state index contributed by atoms with van der Waals surface area (Å²) in [5, 5.41) is 8.33. The minimum absolute atomic E-state index is 0.365. The van der Waals surface area contributed by atoms with Crippen molar-refractivity contribution in [2.75, 3.05) is 6.54 Å². The van der Waals surface area contributed by atoms with Crippen LogP contribution in [-0.2, 0) is 13.0 Å². The molecule has 0 atom stereocenters. The number of amides is 1. The normalized spacial score (nSPS) is 10.7. The fourth-order valence-corrected chi connectivity index (χ4v) is 3.04. The standard InChI is InChI=1S/C12H15N3OS2/c1-8-15-10(7-17-8)2-3-14-5-11-4-9(6-18-11)12(13)16/h4,6-7,14H,2-3,5H2,1H3,(H2,13,16). The highest BCUT2D eigenvalue weighted by molar-refractivity contribution is 7.10. The van der Waals surface area contributed by atoms with Crippen LogP contribution in [0.1, 0.15) is 25.9 Å². The number of thiophene rings is 1. The Balaban J connectivity index is 1.73. The van der Waals surface area contributed by atoms with Crippen molar-refractivity contribution in [3.8, 4) is 0 Å². The van der Waals surface area contributed by atoms with E-state index in [0.717, 1.165) is 35.1 Å². The van der Waals surface area contributed by atoms with Gasteiger partial charge in [0, 0.05) is 35.1 Å². The van der Waals surface area contributed by atoms with Gasteiger partial charge >= 0.3 is 0 Å². The first-order chi connectivity index (χ1) is 8.65. The van der Waals surface area contributed by atoms with Crippen LogP contribution in [-0.4, -0.2) is 17.4 Å². The molecule has 0 aromatic carbocycles. The number of primary amides is 1. The van der Waals surface area contributed by atoms with Crippen LogP contribution in [0.3, 0.4) is 0 Å². The van der Waals surface area contributed by atoms with E-state index in [-0.39, 0.29) is 5.91 Å². The molecule has 2 aromatic rings. The van der Waals surface area contributed by atoms with Gasteiger partial charge in [-0.2, -0.15) is 0 Å². The van der Waals surface area contributed by atoms with Crippen LogP contribution in [0.15, 0.2) is 16.8 Å². The largest absolute Gasteiger partial charge is 0.366 e. The predicted molar refractivity (Wildman–Crippen MR) is 75.1 cm³/mol. The fraction of sp³-hybridized carbons (Fsp3) is 0.333. The summed E-state index contributed by atoms with van der Waals surface area (Å²) >= 11 is 3.23. The summed E-state index contributed by atoms with van der Waals surface area (Å²) in [6.07, 6.45) is 0.929. The number of nitrogens with two attached hydrogens (primary N) is 1. The molecule has 0 radical (unpaired) electrons. The second-order valence-electron chi connectivity index (χ2n) is 3.95. The molecule has 2 heterocycles. The Morgan fingerprint density at radius 2 is 2.28 bits per heavy atom. The first-order valence-electron chi connectivity index (χ1n) is 5.64. The smallest absolute Gasteiger partial charge is 0.249 e. The first kappa shape index (κ1) is 13.2. The summed E-state index contributed by atoms with van der Waals surface area (Å²) in [6, 6.07) is 1.84. The molecule has 1 amide bonds. The van der Waals surface area contributed by atoms with E-state index >= 15 is 0 Å². The molecule has 2 aromatic heterocycles. The molecule has 2 rings (SSSR count). The second kappa shape index (κ2) is 6.08. The van der Waals surface area contributed by atoms with Gasteiger partial charge in [0.15, 0.2) is 0 Å². The van der Waals surface area contributed by atoms with E-state index in [0.29, 0.717) is 5.56 Å². The van der Waals surface area contributed by atoms with Gasteiger partial charge in [0.1, 0.15) is 0 Å². The van der Waals surface area contributed by atoms with Crippen molar-refractivity contribution in [1.82, 2.24) is 10.3 Å². The highest BCUT2D eigenvalue weighted by Crippen LogP contribution is 2.14. The van der Waals surface area contributed by atoms with E-state index < -0.39 is 0 Å². The maximum absolute atomic E-state index is 10.9. The molecule has 0 saturated carbocycles. The van der Waals surface area contributed by atoms with Gasteiger partial charge < -0.3 is 11.1 Å². The van der Waals surface area contributed by atoms with E-state index in [9.17, 15) is 4.79 Å². The lowest BCUT2D eigenvalue weighted by molar-refractivity contribution is 0.100. The van der Waals surface area contributed by atoms with E-state index in [1.54, 1.807) is 28.1 Å². The molecule has 0 aliphatic carbocycles. The highest BCUT2D eigenvalue weighted by atomic mass is 32.1. The number of aryl methyl sites for hydroxylation is 1. The molecule has 0 spiro atoms. The third-order valence-corrected chi connectivity index (χ3v) is 4.22. The van der Waals surface area contributed by atoms with Crippen molar-refractivity contribution in [1.29, 1.82) is 0 Å². The van der Waals surface area contributed by atoms with Crippen LogP contribution >= 0.6 is 22.7 Å². The number of aromatic nitrogens is 1. The zero-order valence-electron chi connectivity index (χ0n) is 10.1. The lowest BCUT2D eigenvalue weighted by atomic mass is 10.3. The topological polar surface area (TPSA) is 68.0 Å². The molecule has 18 heavy (non-hydrogen) atoms. The SMILES string of the molecule is Cc1nc(CCNCc2cc(C(N)=O)cs2)cs1. The molecular formula is C12H15N3OS2. The zero-order valence-corrected chi connectivity index (χ0v) is 11.7. The Hall–Kier alpha value is -1.24. The Morgan fingerprint density at radius 3 is 2.89 bits per heavy atom. The zero-order chi connectivity index (χ0) is 13.0. The van der Waals surface area contributed by atoms with Crippen LogP contribution in [0, 0.1) is 6.92 Å². The Kier molecular flexibility index (Phi) is 4.46. The minimum atomic E-state index is -0.365. The average molecular weight is 281 g/mol. The quantitative estimate of drug-likeness (QED) is 0.795. The van der Waals surface area contributed by atoms with Gasteiger partial charge in [0.2, 0.25) is 5.91 Å². The van der Waals surface area contributed by atoms with Crippen LogP contribution in [0.4, 0.5) is 0 Å². The summed E-state index contributed by atoms with van der Waals surface area (Å²) in [5.41, 5.74) is 6.92. The number of nitrogens with zero attached hydrogens (tertiary/aromatic N) is 1. The second-order valence-corrected chi connectivity index (χ2v) is 6.01. The molecule has 96 valence electrons. The maximum atomic E-state index is 10.9.